The van der Waals surface area contributed by atoms with Crippen molar-refractivity contribution in [3.8, 4) is 0 Å². The third kappa shape index (κ3) is 3.09. The van der Waals surface area contributed by atoms with Gasteiger partial charge in [-0.05, 0) is 25.8 Å². The van der Waals surface area contributed by atoms with Crippen LogP contribution in [0.1, 0.15) is 18.1 Å². The molecule has 0 spiro atoms. The van der Waals surface area contributed by atoms with Gasteiger partial charge in [0.05, 0.1) is 0 Å². The van der Waals surface area contributed by atoms with Gasteiger partial charge >= 0.3 is 0 Å². The summed E-state index contributed by atoms with van der Waals surface area (Å²) in [5.41, 5.74) is 2.68. The molecule has 0 amide bonds. The summed E-state index contributed by atoms with van der Waals surface area (Å²) in [7, 11) is 0. The lowest BCUT2D eigenvalue weighted by molar-refractivity contribution is 0.762. The van der Waals surface area contributed by atoms with Crippen LogP contribution in [-0.2, 0) is 13.0 Å². The molecule has 0 saturated heterocycles. The van der Waals surface area contributed by atoms with Crippen molar-refractivity contribution in [2.24, 2.45) is 0 Å². The fraction of sp³-hybridized carbons (Fsp3) is 0.357. The van der Waals surface area contributed by atoms with Crippen molar-refractivity contribution in [3.05, 3.63) is 47.8 Å². The van der Waals surface area contributed by atoms with Crippen molar-refractivity contribution < 1.29 is 0 Å². The van der Waals surface area contributed by atoms with Gasteiger partial charge in [0.25, 0.3) is 0 Å². The quantitative estimate of drug-likeness (QED) is 0.854. The summed E-state index contributed by atoms with van der Waals surface area (Å²) >= 11 is 0. The second-order valence-corrected chi connectivity index (χ2v) is 4.20. The molecule has 0 aliphatic carbocycles. The van der Waals surface area contributed by atoms with Crippen molar-refractivity contribution >= 4 is 5.95 Å². The standard InChI is InChI=1S/C14H19N3/c1-3-17-10-9-16-14(17)15-8-7-13-6-4-5-12(2)11-13/h4-6,9-11H,3,7-8H2,1-2H3,(H,15,16). The van der Waals surface area contributed by atoms with Gasteiger partial charge in [0.2, 0.25) is 5.95 Å². The molecule has 1 aromatic carbocycles. The summed E-state index contributed by atoms with van der Waals surface area (Å²) in [5.74, 6) is 0.958. The van der Waals surface area contributed by atoms with E-state index in [2.05, 4.69) is 53.0 Å². The van der Waals surface area contributed by atoms with Crippen LogP contribution < -0.4 is 5.32 Å². The van der Waals surface area contributed by atoms with E-state index in [0.29, 0.717) is 0 Å². The van der Waals surface area contributed by atoms with E-state index in [0.717, 1.165) is 25.5 Å². The first-order chi connectivity index (χ1) is 8.29. The SMILES string of the molecule is CCn1ccnc1NCCc1cccc(C)c1. The summed E-state index contributed by atoms with van der Waals surface area (Å²) in [4.78, 5) is 4.29. The van der Waals surface area contributed by atoms with Gasteiger partial charge in [-0.3, -0.25) is 0 Å². The number of hydrogen-bond donors (Lipinski definition) is 1. The van der Waals surface area contributed by atoms with Gasteiger partial charge in [-0.25, -0.2) is 4.98 Å². The summed E-state index contributed by atoms with van der Waals surface area (Å²) in [5, 5.41) is 3.36. The number of nitrogens with zero attached hydrogens (tertiary/aromatic N) is 2. The van der Waals surface area contributed by atoms with Crippen LogP contribution in [0.2, 0.25) is 0 Å². The van der Waals surface area contributed by atoms with Crippen molar-refractivity contribution in [3.63, 3.8) is 0 Å². The summed E-state index contributed by atoms with van der Waals surface area (Å²) in [6.45, 7) is 6.11. The van der Waals surface area contributed by atoms with E-state index in [1.54, 1.807) is 0 Å². The zero-order valence-electron chi connectivity index (χ0n) is 10.5. The second kappa shape index (κ2) is 5.53. The predicted octanol–water partition coefficient (Wildman–Crippen LogP) is 2.87. The fourth-order valence-corrected chi connectivity index (χ4v) is 1.92. The van der Waals surface area contributed by atoms with Crippen molar-refractivity contribution in [2.75, 3.05) is 11.9 Å². The predicted molar refractivity (Wildman–Crippen MR) is 71.3 cm³/mol. The minimum absolute atomic E-state index is 0.917. The number of imidazole rings is 1. The van der Waals surface area contributed by atoms with E-state index in [-0.39, 0.29) is 0 Å². The molecule has 0 radical (unpaired) electrons. The average Bonchev–Trinajstić information content (AvgIpc) is 2.77. The lowest BCUT2D eigenvalue weighted by atomic mass is 10.1. The molecule has 0 bridgehead atoms. The minimum Gasteiger partial charge on any atom is -0.355 e. The Bertz CT molecular complexity index is 474. The number of nitrogens with one attached hydrogen (secondary N) is 1. The Hall–Kier alpha value is -1.77. The number of benzene rings is 1. The largest absolute Gasteiger partial charge is 0.355 e. The highest BCUT2D eigenvalue weighted by Crippen LogP contribution is 2.07. The van der Waals surface area contributed by atoms with Crippen molar-refractivity contribution in [1.29, 1.82) is 0 Å². The van der Waals surface area contributed by atoms with Crippen LogP contribution in [0.25, 0.3) is 0 Å². The first-order valence-corrected chi connectivity index (χ1v) is 6.10. The molecule has 1 N–H and O–H groups in total. The normalized spacial score (nSPS) is 10.5. The molecular weight excluding hydrogens is 210 g/mol. The van der Waals surface area contributed by atoms with Crippen molar-refractivity contribution in [1.82, 2.24) is 9.55 Å². The molecule has 0 fully saturated rings. The first kappa shape index (κ1) is 11.7. The first-order valence-electron chi connectivity index (χ1n) is 6.10. The Kier molecular flexibility index (Phi) is 3.81. The van der Waals surface area contributed by atoms with Gasteiger partial charge in [-0.15, -0.1) is 0 Å². The van der Waals surface area contributed by atoms with E-state index in [1.807, 2.05) is 12.4 Å². The Morgan fingerprint density at radius 2 is 2.24 bits per heavy atom. The molecule has 1 heterocycles. The molecule has 3 nitrogen and oxygen atoms in total. The van der Waals surface area contributed by atoms with Crippen LogP contribution in [0.5, 0.6) is 0 Å². The number of aryl methyl sites for hydroxylation is 2. The fourth-order valence-electron chi connectivity index (χ4n) is 1.92. The smallest absolute Gasteiger partial charge is 0.202 e. The van der Waals surface area contributed by atoms with Crippen LogP contribution in [0.4, 0.5) is 5.95 Å². The maximum Gasteiger partial charge on any atom is 0.202 e. The molecule has 17 heavy (non-hydrogen) atoms. The lowest BCUT2D eigenvalue weighted by Gasteiger charge is -2.08. The van der Waals surface area contributed by atoms with Gasteiger partial charge in [0.15, 0.2) is 0 Å². The molecule has 1 aromatic heterocycles. The van der Waals surface area contributed by atoms with Gasteiger partial charge in [0.1, 0.15) is 0 Å². The number of hydrogen-bond acceptors (Lipinski definition) is 2. The molecule has 0 unspecified atom stereocenters. The van der Waals surface area contributed by atoms with Gasteiger partial charge < -0.3 is 9.88 Å². The summed E-state index contributed by atoms with van der Waals surface area (Å²) in [6, 6.07) is 8.63. The topological polar surface area (TPSA) is 29.9 Å². The van der Waals surface area contributed by atoms with E-state index in [9.17, 15) is 0 Å². The van der Waals surface area contributed by atoms with E-state index in [1.165, 1.54) is 11.1 Å². The maximum absolute atomic E-state index is 4.29. The Morgan fingerprint density at radius 1 is 1.35 bits per heavy atom. The molecule has 0 atom stereocenters. The van der Waals surface area contributed by atoms with E-state index >= 15 is 0 Å². The molecule has 90 valence electrons. The molecular formula is C14H19N3. The van der Waals surface area contributed by atoms with Crippen LogP contribution in [0.15, 0.2) is 36.7 Å². The third-order valence-electron chi connectivity index (χ3n) is 2.84. The molecule has 2 rings (SSSR count). The Balaban J connectivity index is 1.87. The molecule has 2 aromatic rings. The Labute approximate surface area is 103 Å². The van der Waals surface area contributed by atoms with E-state index < -0.39 is 0 Å². The second-order valence-electron chi connectivity index (χ2n) is 4.20. The highest BCUT2D eigenvalue weighted by Gasteiger charge is 1.99. The highest BCUT2D eigenvalue weighted by atomic mass is 15.2. The third-order valence-corrected chi connectivity index (χ3v) is 2.84. The Morgan fingerprint density at radius 3 is 3.00 bits per heavy atom. The molecule has 0 aliphatic rings. The maximum atomic E-state index is 4.29. The number of aromatic nitrogens is 2. The van der Waals surface area contributed by atoms with Crippen LogP contribution in [-0.4, -0.2) is 16.1 Å². The molecule has 3 heteroatoms. The summed E-state index contributed by atoms with van der Waals surface area (Å²) in [6.07, 6.45) is 4.85. The van der Waals surface area contributed by atoms with Gasteiger partial charge in [-0.2, -0.15) is 0 Å². The minimum atomic E-state index is 0.917. The number of rotatable bonds is 5. The lowest BCUT2D eigenvalue weighted by Crippen LogP contribution is -2.10. The highest BCUT2D eigenvalue weighted by molar-refractivity contribution is 5.27. The van der Waals surface area contributed by atoms with Crippen LogP contribution >= 0.6 is 0 Å². The van der Waals surface area contributed by atoms with E-state index in [4.69, 9.17) is 0 Å². The molecule has 0 saturated carbocycles. The number of anilines is 1. The average molecular weight is 229 g/mol. The zero-order chi connectivity index (χ0) is 12.1. The summed E-state index contributed by atoms with van der Waals surface area (Å²) < 4.78 is 2.11. The monoisotopic (exact) mass is 229 g/mol. The van der Waals surface area contributed by atoms with Gasteiger partial charge in [-0.1, -0.05) is 29.8 Å². The zero-order valence-corrected chi connectivity index (χ0v) is 10.5. The van der Waals surface area contributed by atoms with Crippen LogP contribution in [0, 0.1) is 6.92 Å². The van der Waals surface area contributed by atoms with Crippen molar-refractivity contribution in [2.45, 2.75) is 26.8 Å². The molecule has 0 aliphatic heterocycles. The van der Waals surface area contributed by atoms with Crippen LogP contribution in [0.3, 0.4) is 0 Å². The van der Waals surface area contributed by atoms with Gasteiger partial charge in [0, 0.05) is 25.5 Å².